The standard InChI is InChI=1S/C19H22N2O/c1-12(2)13-8-9-16-14(10-13)6-5-7-15(16)11-17-18(22)20-21-19(17,3)4/h5-12,21H,1-4H3,(H,20,22)/b17-11+. The van der Waals surface area contributed by atoms with Crippen LogP contribution in [0.3, 0.4) is 0 Å². The predicted octanol–water partition coefficient (Wildman–Crippen LogP) is 3.76. The average Bonchev–Trinajstić information content (AvgIpc) is 2.73. The maximum Gasteiger partial charge on any atom is 0.263 e. The number of carbonyl (C=O) groups excluding carboxylic acids is 1. The molecule has 1 saturated heterocycles. The van der Waals surface area contributed by atoms with Gasteiger partial charge in [-0.1, -0.05) is 50.2 Å². The summed E-state index contributed by atoms with van der Waals surface area (Å²) in [5.74, 6) is 0.455. The lowest BCUT2D eigenvalue weighted by Gasteiger charge is -2.17. The molecule has 0 spiro atoms. The van der Waals surface area contributed by atoms with Crippen LogP contribution in [0.15, 0.2) is 42.0 Å². The van der Waals surface area contributed by atoms with Gasteiger partial charge in [-0.3, -0.25) is 10.2 Å². The van der Waals surface area contributed by atoms with Crippen LogP contribution in [0.4, 0.5) is 0 Å². The molecule has 0 radical (unpaired) electrons. The number of hydrogen-bond donors (Lipinski definition) is 2. The van der Waals surface area contributed by atoms with E-state index in [1.54, 1.807) is 0 Å². The molecule has 1 aliphatic heterocycles. The number of carbonyl (C=O) groups is 1. The topological polar surface area (TPSA) is 41.1 Å². The summed E-state index contributed by atoms with van der Waals surface area (Å²) in [5, 5.41) is 2.39. The van der Waals surface area contributed by atoms with Crippen molar-refractivity contribution in [2.24, 2.45) is 0 Å². The fourth-order valence-corrected chi connectivity index (χ4v) is 2.85. The second-order valence-corrected chi connectivity index (χ2v) is 6.74. The Kier molecular flexibility index (Phi) is 3.53. The lowest BCUT2D eigenvalue weighted by Crippen LogP contribution is -2.38. The SMILES string of the molecule is CC(C)c1ccc2c(/C=C3\C(=O)NNC3(C)C)cccc2c1. The van der Waals surface area contributed by atoms with E-state index in [1.807, 2.05) is 26.0 Å². The molecule has 3 nitrogen and oxygen atoms in total. The van der Waals surface area contributed by atoms with E-state index in [0.717, 1.165) is 11.1 Å². The van der Waals surface area contributed by atoms with E-state index in [0.29, 0.717) is 5.92 Å². The minimum Gasteiger partial charge on any atom is -0.287 e. The van der Waals surface area contributed by atoms with Gasteiger partial charge in [-0.2, -0.15) is 0 Å². The minimum absolute atomic E-state index is 0.0548. The van der Waals surface area contributed by atoms with Gasteiger partial charge in [0.05, 0.1) is 5.54 Å². The van der Waals surface area contributed by atoms with Crippen molar-refractivity contribution in [3.05, 3.63) is 53.1 Å². The van der Waals surface area contributed by atoms with Crippen LogP contribution in [0.5, 0.6) is 0 Å². The highest BCUT2D eigenvalue weighted by Crippen LogP contribution is 2.28. The second kappa shape index (κ2) is 5.25. The molecular weight excluding hydrogens is 272 g/mol. The Balaban J connectivity index is 2.14. The van der Waals surface area contributed by atoms with E-state index >= 15 is 0 Å². The van der Waals surface area contributed by atoms with Crippen LogP contribution in [0.2, 0.25) is 0 Å². The van der Waals surface area contributed by atoms with Crippen molar-refractivity contribution in [1.29, 1.82) is 0 Å². The molecule has 114 valence electrons. The van der Waals surface area contributed by atoms with Crippen LogP contribution in [-0.4, -0.2) is 11.4 Å². The van der Waals surface area contributed by atoms with Gasteiger partial charge in [-0.05, 0) is 47.7 Å². The van der Waals surface area contributed by atoms with E-state index in [-0.39, 0.29) is 11.4 Å². The number of rotatable bonds is 2. The maximum atomic E-state index is 12.0. The zero-order valence-electron chi connectivity index (χ0n) is 13.5. The van der Waals surface area contributed by atoms with Gasteiger partial charge in [-0.15, -0.1) is 0 Å². The van der Waals surface area contributed by atoms with Crippen molar-refractivity contribution in [2.75, 3.05) is 0 Å². The van der Waals surface area contributed by atoms with Gasteiger partial charge in [0.25, 0.3) is 5.91 Å². The first-order chi connectivity index (χ1) is 10.4. The monoisotopic (exact) mass is 294 g/mol. The fraction of sp³-hybridized carbons (Fsp3) is 0.316. The molecule has 2 N–H and O–H groups in total. The molecular formula is C19H22N2O. The third-order valence-corrected chi connectivity index (χ3v) is 4.31. The summed E-state index contributed by atoms with van der Waals surface area (Å²) >= 11 is 0. The minimum atomic E-state index is -0.364. The quantitative estimate of drug-likeness (QED) is 0.828. The average molecular weight is 294 g/mol. The second-order valence-electron chi connectivity index (χ2n) is 6.74. The van der Waals surface area contributed by atoms with Gasteiger partial charge in [0.2, 0.25) is 0 Å². The number of nitrogens with one attached hydrogen (secondary N) is 2. The van der Waals surface area contributed by atoms with Crippen molar-refractivity contribution in [3.63, 3.8) is 0 Å². The molecule has 1 amide bonds. The van der Waals surface area contributed by atoms with Gasteiger partial charge in [0, 0.05) is 5.57 Å². The normalized spacial score (nSPS) is 19.1. The van der Waals surface area contributed by atoms with Crippen molar-refractivity contribution < 1.29 is 4.79 Å². The fourth-order valence-electron chi connectivity index (χ4n) is 2.85. The molecule has 1 fully saturated rings. The third kappa shape index (κ3) is 2.53. The van der Waals surface area contributed by atoms with Gasteiger partial charge in [-0.25, -0.2) is 5.43 Å². The molecule has 22 heavy (non-hydrogen) atoms. The van der Waals surface area contributed by atoms with Crippen molar-refractivity contribution in [2.45, 2.75) is 39.2 Å². The Hall–Kier alpha value is -2.13. The van der Waals surface area contributed by atoms with Gasteiger partial charge >= 0.3 is 0 Å². The number of benzene rings is 2. The summed E-state index contributed by atoms with van der Waals surface area (Å²) in [6.07, 6.45) is 1.99. The van der Waals surface area contributed by atoms with Gasteiger partial charge < -0.3 is 0 Å². The van der Waals surface area contributed by atoms with Crippen molar-refractivity contribution in [1.82, 2.24) is 10.9 Å². The predicted molar refractivity (Wildman–Crippen MR) is 91.4 cm³/mol. The van der Waals surface area contributed by atoms with Crippen LogP contribution in [0, 0.1) is 0 Å². The van der Waals surface area contributed by atoms with Crippen LogP contribution in [0.1, 0.15) is 44.7 Å². The molecule has 1 heterocycles. The zero-order valence-corrected chi connectivity index (χ0v) is 13.5. The number of hydrazine groups is 1. The van der Waals surface area contributed by atoms with E-state index in [1.165, 1.54) is 16.3 Å². The van der Waals surface area contributed by atoms with Gasteiger partial charge in [0.15, 0.2) is 0 Å². The molecule has 2 aromatic rings. The Morgan fingerprint density at radius 3 is 2.55 bits per heavy atom. The third-order valence-electron chi connectivity index (χ3n) is 4.31. The summed E-state index contributed by atoms with van der Waals surface area (Å²) in [5.41, 5.74) is 8.52. The molecule has 0 saturated carbocycles. The zero-order chi connectivity index (χ0) is 15.9. The van der Waals surface area contributed by atoms with E-state index in [2.05, 4.69) is 55.0 Å². The van der Waals surface area contributed by atoms with Crippen LogP contribution < -0.4 is 10.9 Å². The van der Waals surface area contributed by atoms with Crippen LogP contribution in [-0.2, 0) is 4.79 Å². The molecule has 0 aromatic heterocycles. The lowest BCUT2D eigenvalue weighted by molar-refractivity contribution is -0.116. The molecule has 0 bridgehead atoms. The van der Waals surface area contributed by atoms with E-state index in [4.69, 9.17) is 0 Å². The maximum absolute atomic E-state index is 12.0. The smallest absolute Gasteiger partial charge is 0.263 e. The summed E-state index contributed by atoms with van der Waals surface area (Å²) in [6, 6.07) is 12.8. The first-order valence-electron chi connectivity index (χ1n) is 7.71. The van der Waals surface area contributed by atoms with Crippen molar-refractivity contribution >= 4 is 22.8 Å². The molecule has 3 heteroatoms. The largest absolute Gasteiger partial charge is 0.287 e. The highest BCUT2D eigenvalue weighted by molar-refractivity contribution is 6.04. The van der Waals surface area contributed by atoms with Crippen LogP contribution >= 0.6 is 0 Å². The molecule has 1 aliphatic rings. The summed E-state index contributed by atoms with van der Waals surface area (Å²) in [4.78, 5) is 12.0. The van der Waals surface area contributed by atoms with Crippen molar-refractivity contribution in [3.8, 4) is 0 Å². The first-order valence-corrected chi connectivity index (χ1v) is 7.71. The summed E-state index contributed by atoms with van der Waals surface area (Å²) in [6.45, 7) is 8.39. The molecule has 2 aromatic carbocycles. The van der Waals surface area contributed by atoms with E-state index < -0.39 is 0 Å². The van der Waals surface area contributed by atoms with Crippen LogP contribution in [0.25, 0.3) is 16.8 Å². The molecule has 0 aliphatic carbocycles. The highest BCUT2D eigenvalue weighted by atomic mass is 16.2. The number of amides is 1. The highest BCUT2D eigenvalue weighted by Gasteiger charge is 2.34. The number of hydrogen-bond acceptors (Lipinski definition) is 2. The lowest BCUT2D eigenvalue weighted by atomic mass is 9.91. The summed E-state index contributed by atoms with van der Waals surface area (Å²) in [7, 11) is 0. The molecule has 0 unspecified atom stereocenters. The van der Waals surface area contributed by atoms with Gasteiger partial charge in [0.1, 0.15) is 0 Å². The Labute approximate surface area is 131 Å². The van der Waals surface area contributed by atoms with E-state index in [9.17, 15) is 4.79 Å². The Morgan fingerprint density at radius 1 is 1.14 bits per heavy atom. The molecule has 3 rings (SSSR count). The number of fused-ring (bicyclic) bond motifs is 1. The molecule has 0 atom stereocenters. The summed E-state index contributed by atoms with van der Waals surface area (Å²) < 4.78 is 0. The Bertz CT molecular complexity index is 772. The Morgan fingerprint density at radius 2 is 1.91 bits per heavy atom. The first kappa shape index (κ1) is 14.8.